The third-order valence-electron chi connectivity index (χ3n) is 5.04. The van der Waals surface area contributed by atoms with Gasteiger partial charge in [-0.3, -0.25) is 4.79 Å². The zero-order valence-corrected chi connectivity index (χ0v) is 18.4. The van der Waals surface area contributed by atoms with Gasteiger partial charge in [-0.05, 0) is 36.4 Å². The SMILES string of the molecule is CC(C)C(=O)N(C)C1CN(C(=O)Nc2ccc(C(F)(F)F)cc2)N=C1c1ccc(Cl)cc1. The molecule has 1 unspecified atom stereocenters. The lowest BCUT2D eigenvalue weighted by atomic mass is 10.0. The number of nitrogens with one attached hydrogen (secondary N) is 1. The van der Waals surface area contributed by atoms with Gasteiger partial charge in [0.1, 0.15) is 0 Å². The molecular weight excluding hydrogens is 445 g/mol. The molecular formula is C22H22ClF3N4O2. The molecule has 0 saturated carbocycles. The van der Waals surface area contributed by atoms with Crippen molar-refractivity contribution in [1.82, 2.24) is 9.91 Å². The van der Waals surface area contributed by atoms with E-state index in [4.69, 9.17) is 11.6 Å². The van der Waals surface area contributed by atoms with E-state index >= 15 is 0 Å². The number of hydrogen-bond donors (Lipinski definition) is 1. The summed E-state index contributed by atoms with van der Waals surface area (Å²) in [4.78, 5) is 26.9. The lowest BCUT2D eigenvalue weighted by molar-refractivity contribution is -0.137. The number of carbonyl (C=O) groups is 2. The molecule has 3 amide bonds. The van der Waals surface area contributed by atoms with Gasteiger partial charge < -0.3 is 10.2 Å². The lowest BCUT2D eigenvalue weighted by Crippen LogP contribution is -2.46. The van der Waals surface area contributed by atoms with E-state index in [1.54, 1.807) is 50.1 Å². The first-order valence-electron chi connectivity index (χ1n) is 9.84. The summed E-state index contributed by atoms with van der Waals surface area (Å²) in [6.07, 6.45) is -4.46. The van der Waals surface area contributed by atoms with Gasteiger partial charge in [0.25, 0.3) is 0 Å². The van der Waals surface area contributed by atoms with Crippen molar-refractivity contribution >= 4 is 34.9 Å². The minimum atomic E-state index is -4.46. The summed E-state index contributed by atoms with van der Waals surface area (Å²) in [6, 6.07) is 9.88. The maximum absolute atomic E-state index is 12.8. The van der Waals surface area contributed by atoms with E-state index < -0.39 is 23.8 Å². The van der Waals surface area contributed by atoms with Crippen LogP contribution >= 0.6 is 11.6 Å². The second-order valence-corrected chi connectivity index (χ2v) is 8.14. The van der Waals surface area contributed by atoms with Gasteiger partial charge in [0.15, 0.2) is 0 Å². The van der Waals surface area contributed by atoms with E-state index in [-0.39, 0.29) is 24.1 Å². The maximum atomic E-state index is 12.8. The number of urea groups is 1. The van der Waals surface area contributed by atoms with Crippen LogP contribution in [0.2, 0.25) is 5.02 Å². The normalized spacial score (nSPS) is 16.2. The van der Waals surface area contributed by atoms with E-state index in [0.717, 1.165) is 17.1 Å². The fourth-order valence-corrected chi connectivity index (χ4v) is 3.41. The number of hydrazone groups is 1. The number of nitrogens with zero attached hydrogens (tertiary/aromatic N) is 3. The van der Waals surface area contributed by atoms with E-state index in [2.05, 4.69) is 10.4 Å². The van der Waals surface area contributed by atoms with Gasteiger partial charge >= 0.3 is 12.2 Å². The molecule has 1 heterocycles. The molecule has 0 aromatic heterocycles. The number of alkyl halides is 3. The fourth-order valence-electron chi connectivity index (χ4n) is 3.28. The Balaban J connectivity index is 1.83. The molecule has 10 heteroatoms. The van der Waals surface area contributed by atoms with Gasteiger partial charge in [-0.2, -0.15) is 18.3 Å². The number of amides is 3. The highest BCUT2D eigenvalue weighted by molar-refractivity contribution is 6.30. The number of hydrogen-bond acceptors (Lipinski definition) is 3. The molecule has 1 aliphatic rings. The smallest absolute Gasteiger partial charge is 0.335 e. The molecule has 6 nitrogen and oxygen atoms in total. The third kappa shape index (κ3) is 5.21. The summed E-state index contributed by atoms with van der Waals surface area (Å²) in [5, 5.41) is 8.65. The van der Waals surface area contributed by atoms with E-state index in [9.17, 15) is 22.8 Å². The largest absolute Gasteiger partial charge is 0.416 e. The van der Waals surface area contributed by atoms with Crippen LogP contribution < -0.4 is 5.32 Å². The Labute approximate surface area is 188 Å². The Bertz CT molecular complexity index is 1020. The van der Waals surface area contributed by atoms with Crippen LogP contribution in [-0.4, -0.2) is 47.2 Å². The molecule has 3 rings (SSSR count). The summed E-state index contributed by atoms with van der Waals surface area (Å²) in [6.45, 7) is 3.66. The average Bonchev–Trinajstić information content (AvgIpc) is 3.18. The van der Waals surface area contributed by atoms with Crippen molar-refractivity contribution in [2.45, 2.75) is 26.1 Å². The number of carbonyl (C=O) groups excluding carboxylic acids is 2. The molecule has 0 aliphatic carbocycles. The van der Waals surface area contributed by atoms with Crippen molar-refractivity contribution in [3.05, 3.63) is 64.7 Å². The second-order valence-electron chi connectivity index (χ2n) is 7.70. The second kappa shape index (κ2) is 9.20. The Morgan fingerprint density at radius 1 is 1.12 bits per heavy atom. The molecule has 0 spiro atoms. The highest BCUT2D eigenvalue weighted by Crippen LogP contribution is 2.30. The molecule has 0 saturated heterocycles. The molecule has 1 N–H and O–H groups in total. The van der Waals surface area contributed by atoms with Gasteiger partial charge in [-0.15, -0.1) is 0 Å². The van der Waals surface area contributed by atoms with Gasteiger partial charge in [-0.1, -0.05) is 37.6 Å². The van der Waals surface area contributed by atoms with Crippen LogP contribution in [0, 0.1) is 5.92 Å². The summed E-state index contributed by atoms with van der Waals surface area (Å²) in [5.41, 5.74) is 0.600. The Hall–Kier alpha value is -3.07. The van der Waals surface area contributed by atoms with Crippen molar-refractivity contribution in [3.8, 4) is 0 Å². The summed E-state index contributed by atoms with van der Waals surface area (Å²) in [7, 11) is 1.65. The molecule has 0 bridgehead atoms. The number of rotatable bonds is 4. The van der Waals surface area contributed by atoms with E-state index in [1.165, 1.54) is 12.1 Å². The van der Waals surface area contributed by atoms with Crippen LogP contribution in [0.4, 0.5) is 23.7 Å². The standard InChI is InChI=1S/C22H22ClF3N4O2/c1-13(2)20(31)29(3)18-12-30(28-19(18)14-4-8-16(23)9-5-14)21(32)27-17-10-6-15(7-11-17)22(24,25)26/h4-11,13,18H,12H2,1-3H3,(H,27,32). The minimum absolute atomic E-state index is 0.0966. The Kier molecular flexibility index (Phi) is 6.78. The van der Waals surface area contributed by atoms with Crippen LogP contribution in [0.15, 0.2) is 53.6 Å². The zero-order valence-electron chi connectivity index (χ0n) is 17.7. The lowest BCUT2D eigenvalue weighted by Gasteiger charge is -2.27. The van der Waals surface area contributed by atoms with Crippen molar-refractivity contribution in [3.63, 3.8) is 0 Å². The summed E-state index contributed by atoms with van der Waals surface area (Å²) in [5.74, 6) is -0.358. The number of anilines is 1. The zero-order chi connectivity index (χ0) is 23.6. The average molecular weight is 467 g/mol. The molecule has 0 radical (unpaired) electrons. The molecule has 170 valence electrons. The van der Waals surface area contributed by atoms with Gasteiger partial charge in [0.2, 0.25) is 5.91 Å². The summed E-state index contributed by atoms with van der Waals surface area (Å²) < 4.78 is 38.2. The highest BCUT2D eigenvalue weighted by Gasteiger charge is 2.36. The van der Waals surface area contributed by atoms with Crippen LogP contribution in [0.1, 0.15) is 25.0 Å². The predicted octanol–water partition coefficient (Wildman–Crippen LogP) is 5.09. The highest BCUT2D eigenvalue weighted by atomic mass is 35.5. The first-order chi connectivity index (χ1) is 15.0. The molecule has 2 aromatic rings. The molecule has 2 aromatic carbocycles. The first kappa shape index (κ1) is 23.6. The molecule has 0 fully saturated rings. The maximum Gasteiger partial charge on any atom is 0.416 e. The summed E-state index contributed by atoms with van der Waals surface area (Å²) >= 11 is 5.97. The van der Waals surface area contributed by atoms with Crippen LogP contribution in [0.25, 0.3) is 0 Å². The van der Waals surface area contributed by atoms with Crippen molar-refractivity contribution in [2.24, 2.45) is 11.0 Å². The molecule has 1 atom stereocenters. The quantitative estimate of drug-likeness (QED) is 0.681. The van der Waals surface area contributed by atoms with Crippen molar-refractivity contribution < 1.29 is 22.8 Å². The third-order valence-corrected chi connectivity index (χ3v) is 5.29. The number of halogens is 4. The van der Waals surface area contributed by atoms with Gasteiger partial charge in [0.05, 0.1) is 23.9 Å². The van der Waals surface area contributed by atoms with Gasteiger partial charge in [0, 0.05) is 29.2 Å². The fraction of sp³-hybridized carbons (Fsp3) is 0.318. The van der Waals surface area contributed by atoms with Crippen LogP contribution in [0.5, 0.6) is 0 Å². The minimum Gasteiger partial charge on any atom is -0.335 e. The molecule has 1 aliphatic heterocycles. The Morgan fingerprint density at radius 3 is 2.25 bits per heavy atom. The topological polar surface area (TPSA) is 65.0 Å². The van der Waals surface area contributed by atoms with Crippen LogP contribution in [0.3, 0.4) is 0 Å². The number of likely N-dealkylation sites (N-methyl/N-ethyl adjacent to an activating group) is 1. The Morgan fingerprint density at radius 2 is 1.72 bits per heavy atom. The van der Waals surface area contributed by atoms with Gasteiger partial charge in [-0.25, -0.2) is 9.80 Å². The number of benzene rings is 2. The van der Waals surface area contributed by atoms with Crippen molar-refractivity contribution in [2.75, 3.05) is 18.9 Å². The van der Waals surface area contributed by atoms with E-state index in [1.807, 2.05) is 0 Å². The predicted molar refractivity (Wildman–Crippen MR) is 117 cm³/mol. The van der Waals surface area contributed by atoms with Crippen molar-refractivity contribution in [1.29, 1.82) is 0 Å². The monoisotopic (exact) mass is 466 g/mol. The van der Waals surface area contributed by atoms with Crippen LogP contribution in [-0.2, 0) is 11.0 Å². The first-order valence-corrected chi connectivity index (χ1v) is 10.2. The molecule has 32 heavy (non-hydrogen) atoms. The van der Waals surface area contributed by atoms with E-state index in [0.29, 0.717) is 16.3 Å².